The Morgan fingerprint density at radius 1 is 1.14 bits per heavy atom. The van der Waals surface area contributed by atoms with E-state index >= 15 is 0 Å². The van der Waals surface area contributed by atoms with Gasteiger partial charge in [-0.15, -0.1) is 0 Å². The number of hydrogen-bond acceptors (Lipinski definition) is 4. The van der Waals surface area contributed by atoms with Gasteiger partial charge in [-0.2, -0.15) is 0 Å². The van der Waals surface area contributed by atoms with Gasteiger partial charge in [0.05, 0.1) is 16.2 Å². The predicted octanol–water partition coefficient (Wildman–Crippen LogP) is 3.94. The lowest BCUT2D eigenvalue weighted by molar-refractivity contribution is 0.0727. The molecule has 6 heteroatoms. The topological polar surface area (TPSA) is 52.6 Å². The highest BCUT2D eigenvalue weighted by Crippen LogP contribution is 2.34. The molecule has 2 rings (SSSR count). The summed E-state index contributed by atoms with van der Waals surface area (Å²) in [6.45, 7) is 0. The summed E-state index contributed by atoms with van der Waals surface area (Å²) < 4.78 is 12.1. The molecule has 0 fully saturated rings. The third kappa shape index (κ3) is 3.73. The molecule has 0 saturated carbocycles. The van der Waals surface area contributed by atoms with Gasteiger partial charge in [-0.3, -0.25) is 4.79 Å². The number of rotatable bonds is 4. The Kier molecular flexibility index (Phi) is 5.57. The van der Waals surface area contributed by atoms with Crippen molar-refractivity contribution in [3.05, 3.63) is 54.7 Å². The fraction of sp³-hybridized carbons (Fsp3) is 0.0667. The molecule has 4 nitrogen and oxygen atoms in total. The van der Waals surface area contributed by atoms with E-state index < -0.39 is 5.97 Å². The fourth-order valence-corrected chi connectivity index (χ4v) is 3.02. The van der Waals surface area contributed by atoms with E-state index in [1.807, 2.05) is 34.7 Å². The summed E-state index contributed by atoms with van der Waals surface area (Å²) in [7, 11) is 1.46. The molecule has 0 radical (unpaired) electrons. The van der Waals surface area contributed by atoms with Gasteiger partial charge in [0.15, 0.2) is 11.5 Å². The molecule has 0 aliphatic carbocycles. The zero-order valence-corrected chi connectivity index (χ0v) is 15.2. The molecule has 0 unspecified atom stereocenters. The fourth-order valence-electron chi connectivity index (χ4n) is 1.68. The second kappa shape index (κ2) is 7.21. The van der Waals surface area contributed by atoms with Crippen LogP contribution in [-0.2, 0) is 0 Å². The molecule has 0 bridgehead atoms. The summed E-state index contributed by atoms with van der Waals surface area (Å²) in [6, 6.07) is 10.3. The van der Waals surface area contributed by atoms with Gasteiger partial charge in [-0.1, -0.05) is 12.1 Å². The summed E-state index contributed by atoms with van der Waals surface area (Å²) in [5.41, 5.74) is 0.945. The quantitative estimate of drug-likeness (QED) is 0.272. The van der Waals surface area contributed by atoms with Crippen molar-refractivity contribution >= 4 is 57.4 Å². The van der Waals surface area contributed by atoms with Crippen LogP contribution in [0.4, 0.5) is 0 Å². The van der Waals surface area contributed by atoms with Gasteiger partial charge in [-0.25, -0.2) is 4.79 Å². The smallest absolute Gasteiger partial charge is 0.344 e. The van der Waals surface area contributed by atoms with Crippen LogP contribution in [-0.4, -0.2) is 19.4 Å². The molecule has 0 heterocycles. The van der Waals surface area contributed by atoms with Gasteiger partial charge in [0.1, 0.15) is 6.29 Å². The molecule has 21 heavy (non-hydrogen) atoms. The van der Waals surface area contributed by atoms with Gasteiger partial charge in [-0.05, 0) is 69.4 Å². The van der Waals surface area contributed by atoms with Crippen LogP contribution in [0.3, 0.4) is 0 Å². The molecule has 2 aromatic carbocycles. The maximum absolute atomic E-state index is 12.3. The number of carbonyl (C=O) groups excluding carboxylic acids is 2. The van der Waals surface area contributed by atoms with Gasteiger partial charge < -0.3 is 9.47 Å². The number of esters is 1. The normalized spacial score (nSPS) is 10.0. The molecule has 2 aromatic rings. The van der Waals surface area contributed by atoms with Crippen molar-refractivity contribution in [1.29, 1.82) is 0 Å². The zero-order valence-electron chi connectivity index (χ0n) is 10.9. The lowest BCUT2D eigenvalue weighted by Crippen LogP contribution is -2.12. The summed E-state index contributed by atoms with van der Waals surface area (Å²) >= 11 is 4.08. The largest absolute Gasteiger partial charge is 0.493 e. The molecule has 0 amide bonds. The minimum Gasteiger partial charge on any atom is -0.493 e. The van der Waals surface area contributed by atoms with Crippen LogP contribution < -0.4 is 9.47 Å². The van der Waals surface area contributed by atoms with Crippen molar-refractivity contribution in [1.82, 2.24) is 0 Å². The van der Waals surface area contributed by atoms with Gasteiger partial charge >= 0.3 is 5.97 Å². The van der Waals surface area contributed by atoms with Crippen molar-refractivity contribution < 1.29 is 19.1 Å². The first kappa shape index (κ1) is 16.2. The van der Waals surface area contributed by atoms with Crippen LogP contribution >= 0.6 is 45.2 Å². The summed E-state index contributed by atoms with van der Waals surface area (Å²) in [4.78, 5) is 23.1. The molecule has 0 saturated heterocycles. The van der Waals surface area contributed by atoms with E-state index in [9.17, 15) is 9.59 Å². The number of benzene rings is 2. The Morgan fingerprint density at radius 2 is 1.86 bits per heavy atom. The second-order valence-corrected chi connectivity index (χ2v) is 6.35. The lowest BCUT2D eigenvalue weighted by atomic mass is 10.2. The maximum atomic E-state index is 12.3. The number of aldehydes is 1. The molecular formula is C15H10I2O4. The number of methoxy groups -OCH3 is 1. The molecule has 0 atom stereocenters. The SMILES string of the molecule is COc1cc(C=O)cc(I)c1OC(=O)c1ccccc1I. The summed E-state index contributed by atoms with van der Waals surface area (Å²) in [5, 5.41) is 0. The highest BCUT2D eigenvalue weighted by Gasteiger charge is 2.18. The van der Waals surface area contributed by atoms with Crippen LogP contribution in [0.2, 0.25) is 0 Å². The first-order chi connectivity index (χ1) is 10.1. The second-order valence-electron chi connectivity index (χ2n) is 4.02. The van der Waals surface area contributed by atoms with Gasteiger partial charge in [0.25, 0.3) is 0 Å². The molecule has 0 aromatic heterocycles. The lowest BCUT2D eigenvalue weighted by Gasteiger charge is -2.12. The third-order valence-electron chi connectivity index (χ3n) is 2.68. The Balaban J connectivity index is 2.38. The monoisotopic (exact) mass is 508 g/mol. The number of ether oxygens (including phenoxy) is 2. The maximum Gasteiger partial charge on any atom is 0.344 e. The summed E-state index contributed by atoms with van der Waals surface area (Å²) in [5.74, 6) is 0.201. The third-order valence-corrected chi connectivity index (χ3v) is 4.42. The minimum atomic E-state index is -0.463. The molecule has 0 aliphatic heterocycles. The predicted molar refractivity (Wildman–Crippen MR) is 95.2 cm³/mol. The van der Waals surface area contributed by atoms with E-state index in [1.165, 1.54) is 13.2 Å². The van der Waals surface area contributed by atoms with Crippen molar-refractivity contribution in [2.45, 2.75) is 0 Å². The van der Waals surface area contributed by atoms with E-state index in [1.54, 1.807) is 18.2 Å². The van der Waals surface area contributed by atoms with E-state index in [-0.39, 0.29) is 0 Å². The molecular weight excluding hydrogens is 498 g/mol. The van der Waals surface area contributed by atoms with E-state index in [0.717, 1.165) is 9.86 Å². The van der Waals surface area contributed by atoms with Gasteiger partial charge in [0, 0.05) is 9.13 Å². The Labute approximate surface area is 149 Å². The molecule has 0 spiro atoms. The average molecular weight is 508 g/mol. The molecule has 0 aliphatic rings. The van der Waals surface area contributed by atoms with Crippen LogP contribution in [0.15, 0.2) is 36.4 Å². The van der Waals surface area contributed by atoms with Crippen LogP contribution in [0.1, 0.15) is 20.7 Å². The van der Waals surface area contributed by atoms with Crippen LogP contribution in [0.25, 0.3) is 0 Å². The Bertz CT molecular complexity index is 698. The summed E-state index contributed by atoms with van der Waals surface area (Å²) in [6.07, 6.45) is 0.719. The first-order valence-electron chi connectivity index (χ1n) is 5.86. The Hall–Kier alpha value is -1.16. The zero-order chi connectivity index (χ0) is 15.4. The Morgan fingerprint density at radius 3 is 2.48 bits per heavy atom. The van der Waals surface area contributed by atoms with Crippen LogP contribution in [0, 0.1) is 7.14 Å². The highest BCUT2D eigenvalue weighted by atomic mass is 127. The standard InChI is InChI=1S/C15H10I2O4/c1-20-13-7-9(8-18)6-12(17)14(13)21-15(19)10-4-2-3-5-11(10)16/h2-8H,1H3. The van der Waals surface area contributed by atoms with Gasteiger partial charge in [0.2, 0.25) is 0 Å². The highest BCUT2D eigenvalue weighted by molar-refractivity contribution is 14.1. The van der Waals surface area contributed by atoms with E-state index in [4.69, 9.17) is 9.47 Å². The van der Waals surface area contributed by atoms with Crippen molar-refractivity contribution in [3.63, 3.8) is 0 Å². The minimum absolute atomic E-state index is 0.313. The first-order valence-corrected chi connectivity index (χ1v) is 8.02. The van der Waals surface area contributed by atoms with Crippen molar-refractivity contribution in [3.8, 4) is 11.5 Å². The van der Waals surface area contributed by atoms with Crippen LogP contribution in [0.5, 0.6) is 11.5 Å². The molecule has 108 valence electrons. The van der Waals surface area contributed by atoms with Crippen molar-refractivity contribution in [2.75, 3.05) is 7.11 Å². The number of carbonyl (C=O) groups is 2. The van der Waals surface area contributed by atoms with E-state index in [2.05, 4.69) is 22.6 Å². The average Bonchev–Trinajstić information content (AvgIpc) is 2.49. The molecule has 0 N–H and O–H groups in total. The number of hydrogen-bond donors (Lipinski definition) is 0. The van der Waals surface area contributed by atoms with Crippen molar-refractivity contribution in [2.24, 2.45) is 0 Å². The number of halogens is 2. The van der Waals surface area contributed by atoms with E-state index in [0.29, 0.717) is 26.2 Å².